The average Bonchev–Trinajstić information content (AvgIpc) is 3.01. The lowest BCUT2D eigenvalue weighted by Crippen LogP contribution is -1.99. The Kier molecular flexibility index (Phi) is 4.43. The third-order valence-corrected chi connectivity index (χ3v) is 3.37. The zero-order chi connectivity index (χ0) is 17.1. The predicted octanol–water partition coefficient (Wildman–Crippen LogP) is 4.62. The molecule has 0 atom stereocenters. The maximum absolute atomic E-state index is 13.2. The van der Waals surface area contributed by atoms with Crippen LogP contribution in [-0.4, -0.2) is 9.91 Å². The third kappa shape index (κ3) is 3.52. The number of oxazole rings is 1. The van der Waals surface area contributed by atoms with Gasteiger partial charge in [0.25, 0.3) is 0 Å². The number of benzene rings is 2. The first-order valence-electron chi connectivity index (χ1n) is 6.80. The summed E-state index contributed by atoms with van der Waals surface area (Å²) in [5, 5.41) is 11.5. The molecule has 8 heteroatoms. The SMILES string of the molecule is O=[N+]([O-])c1ccc(F)cc1OCc1ncc(-c2cccc(Cl)c2)o1. The largest absolute Gasteiger partial charge is 0.477 e. The van der Waals surface area contributed by atoms with E-state index >= 15 is 0 Å². The van der Waals surface area contributed by atoms with E-state index in [0.717, 1.165) is 23.8 Å². The van der Waals surface area contributed by atoms with E-state index in [0.29, 0.717) is 10.8 Å². The Labute approximate surface area is 140 Å². The highest BCUT2D eigenvalue weighted by Gasteiger charge is 2.17. The summed E-state index contributed by atoms with van der Waals surface area (Å²) in [6.45, 7) is -0.176. The summed E-state index contributed by atoms with van der Waals surface area (Å²) in [6.07, 6.45) is 1.49. The number of nitro groups is 1. The summed E-state index contributed by atoms with van der Waals surface area (Å²) in [4.78, 5) is 14.3. The molecule has 0 saturated carbocycles. The van der Waals surface area contributed by atoms with Gasteiger partial charge in [-0.3, -0.25) is 10.1 Å². The van der Waals surface area contributed by atoms with Crippen LogP contribution < -0.4 is 4.74 Å². The lowest BCUT2D eigenvalue weighted by molar-refractivity contribution is -0.386. The van der Waals surface area contributed by atoms with E-state index in [2.05, 4.69) is 4.98 Å². The van der Waals surface area contributed by atoms with Crippen molar-refractivity contribution in [3.05, 3.63) is 75.5 Å². The first kappa shape index (κ1) is 15.9. The van der Waals surface area contributed by atoms with Crippen molar-refractivity contribution in [3.63, 3.8) is 0 Å². The van der Waals surface area contributed by atoms with Crippen molar-refractivity contribution in [2.75, 3.05) is 0 Å². The highest BCUT2D eigenvalue weighted by molar-refractivity contribution is 6.30. The maximum atomic E-state index is 13.2. The van der Waals surface area contributed by atoms with Gasteiger partial charge in [0.15, 0.2) is 12.4 Å². The topological polar surface area (TPSA) is 78.4 Å². The number of nitro benzene ring substituents is 1. The van der Waals surface area contributed by atoms with E-state index in [1.807, 2.05) is 0 Å². The number of hydrogen-bond acceptors (Lipinski definition) is 5. The molecule has 0 N–H and O–H groups in total. The number of aromatic nitrogens is 1. The Hall–Kier alpha value is -2.93. The van der Waals surface area contributed by atoms with E-state index in [1.54, 1.807) is 24.3 Å². The third-order valence-electron chi connectivity index (χ3n) is 3.13. The molecule has 0 saturated heterocycles. The van der Waals surface area contributed by atoms with Crippen molar-refractivity contribution in [2.45, 2.75) is 6.61 Å². The van der Waals surface area contributed by atoms with Crippen LogP contribution in [0.2, 0.25) is 5.02 Å². The minimum absolute atomic E-state index is 0.176. The minimum Gasteiger partial charge on any atom is -0.477 e. The molecule has 1 heterocycles. The van der Waals surface area contributed by atoms with Crippen molar-refractivity contribution in [3.8, 4) is 17.1 Å². The summed E-state index contributed by atoms with van der Waals surface area (Å²) < 4.78 is 24.0. The molecule has 24 heavy (non-hydrogen) atoms. The van der Waals surface area contributed by atoms with Crippen molar-refractivity contribution >= 4 is 17.3 Å². The van der Waals surface area contributed by atoms with Gasteiger partial charge in [-0.25, -0.2) is 9.37 Å². The van der Waals surface area contributed by atoms with E-state index in [4.69, 9.17) is 20.8 Å². The van der Waals surface area contributed by atoms with Crippen LogP contribution >= 0.6 is 11.6 Å². The molecule has 0 aliphatic carbocycles. The molecule has 6 nitrogen and oxygen atoms in total. The fourth-order valence-corrected chi connectivity index (χ4v) is 2.24. The predicted molar refractivity (Wildman–Crippen MR) is 84.3 cm³/mol. The van der Waals surface area contributed by atoms with Gasteiger partial charge in [-0.2, -0.15) is 0 Å². The molecule has 0 aliphatic rings. The van der Waals surface area contributed by atoms with Gasteiger partial charge in [0.1, 0.15) is 5.82 Å². The van der Waals surface area contributed by atoms with Gasteiger partial charge in [-0.15, -0.1) is 0 Å². The summed E-state index contributed by atoms with van der Waals surface area (Å²) in [5.74, 6) is -0.154. The fraction of sp³-hybridized carbons (Fsp3) is 0.0625. The van der Waals surface area contributed by atoms with E-state index in [1.165, 1.54) is 6.20 Å². The summed E-state index contributed by atoms with van der Waals surface area (Å²) in [5.41, 5.74) is 0.399. The van der Waals surface area contributed by atoms with Gasteiger partial charge < -0.3 is 9.15 Å². The Morgan fingerprint density at radius 1 is 1.29 bits per heavy atom. The first-order chi connectivity index (χ1) is 11.5. The van der Waals surface area contributed by atoms with E-state index in [-0.39, 0.29) is 23.9 Å². The van der Waals surface area contributed by atoms with Crippen molar-refractivity contribution in [1.29, 1.82) is 0 Å². The highest BCUT2D eigenvalue weighted by Crippen LogP contribution is 2.29. The molecule has 2 aromatic carbocycles. The molecule has 3 aromatic rings. The second-order valence-corrected chi connectivity index (χ2v) is 5.22. The zero-order valence-electron chi connectivity index (χ0n) is 12.1. The standard InChI is InChI=1S/C16H10ClFN2O4/c17-11-3-1-2-10(6-11)15-8-19-16(24-15)9-23-14-7-12(18)4-5-13(14)20(21)22/h1-8H,9H2. The van der Waals surface area contributed by atoms with Gasteiger partial charge in [-0.1, -0.05) is 23.7 Å². The number of nitrogens with zero attached hydrogens (tertiary/aromatic N) is 2. The quantitative estimate of drug-likeness (QED) is 0.496. The molecule has 0 aliphatic heterocycles. The Bertz CT molecular complexity index is 897. The van der Waals surface area contributed by atoms with Crippen LogP contribution in [0.3, 0.4) is 0 Å². The van der Waals surface area contributed by atoms with Gasteiger partial charge in [0.2, 0.25) is 11.6 Å². The molecule has 0 radical (unpaired) electrons. The lowest BCUT2D eigenvalue weighted by Gasteiger charge is -2.04. The van der Waals surface area contributed by atoms with Gasteiger partial charge >= 0.3 is 5.69 Å². The minimum atomic E-state index is -0.651. The van der Waals surface area contributed by atoms with Crippen LogP contribution in [0.15, 0.2) is 53.1 Å². The van der Waals surface area contributed by atoms with Crippen molar-refractivity contribution in [2.24, 2.45) is 0 Å². The Morgan fingerprint density at radius 3 is 2.88 bits per heavy atom. The number of halogens is 2. The van der Waals surface area contributed by atoms with Gasteiger partial charge in [0, 0.05) is 22.7 Å². The Balaban J connectivity index is 1.77. The molecule has 3 rings (SSSR count). The monoisotopic (exact) mass is 348 g/mol. The summed E-state index contributed by atoms with van der Waals surface area (Å²) in [6, 6.07) is 9.99. The molecule has 0 fully saturated rings. The van der Waals surface area contributed by atoms with Crippen LogP contribution in [0.1, 0.15) is 5.89 Å². The van der Waals surface area contributed by atoms with Gasteiger partial charge in [0.05, 0.1) is 11.1 Å². The molecule has 0 bridgehead atoms. The van der Waals surface area contributed by atoms with E-state index < -0.39 is 10.7 Å². The summed E-state index contributed by atoms with van der Waals surface area (Å²) in [7, 11) is 0. The molecular weight excluding hydrogens is 339 g/mol. The smallest absolute Gasteiger partial charge is 0.311 e. The second-order valence-electron chi connectivity index (χ2n) is 4.79. The van der Waals surface area contributed by atoms with Crippen LogP contribution in [0.25, 0.3) is 11.3 Å². The van der Waals surface area contributed by atoms with Crippen molar-refractivity contribution < 1.29 is 18.5 Å². The van der Waals surface area contributed by atoms with Crippen LogP contribution in [0, 0.1) is 15.9 Å². The highest BCUT2D eigenvalue weighted by atomic mass is 35.5. The first-order valence-corrected chi connectivity index (χ1v) is 7.18. The fourth-order valence-electron chi connectivity index (χ4n) is 2.05. The zero-order valence-corrected chi connectivity index (χ0v) is 12.9. The molecule has 122 valence electrons. The number of rotatable bonds is 5. The maximum Gasteiger partial charge on any atom is 0.311 e. The van der Waals surface area contributed by atoms with E-state index in [9.17, 15) is 14.5 Å². The number of hydrogen-bond donors (Lipinski definition) is 0. The average molecular weight is 349 g/mol. The molecule has 0 unspecified atom stereocenters. The normalized spacial score (nSPS) is 10.6. The van der Waals surface area contributed by atoms with Crippen LogP contribution in [0.4, 0.5) is 10.1 Å². The van der Waals surface area contributed by atoms with Crippen LogP contribution in [0.5, 0.6) is 5.75 Å². The van der Waals surface area contributed by atoms with Crippen LogP contribution in [-0.2, 0) is 6.61 Å². The molecular formula is C16H10ClFN2O4. The van der Waals surface area contributed by atoms with Crippen molar-refractivity contribution in [1.82, 2.24) is 4.98 Å². The Morgan fingerprint density at radius 2 is 2.12 bits per heavy atom. The van der Waals surface area contributed by atoms with Gasteiger partial charge in [-0.05, 0) is 18.2 Å². The second kappa shape index (κ2) is 6.67. The number of ether oxygens (including phenoxy) is 1. The molecule has 0 amide bonds. The summed E-state index contributed by atoms with van der Waals surface area (Å²) >= 11 is 5.92. The molecule has 0 spiro atoms. The molecule has 1 aromatic heterocycles. The lowest BCUT2D eigenvalue weighted by atomic mass is 10.2.